The van der Waals surface area contributed by atoms with Gasteiger partial charge in [0.1, 0.15) is 29.5 Å². The second-order valence-electron chi connectivity index (χ2n) is 6.08. The molecule has 3 heterocycles. The average molecular weight is 342 g/mol. The summed E-state index contributed by atoms with van der Waals surface area (Å²) >= 11 is 0. The van der Waals surface area contributed by atoms with Gasteiger partial charge in [-0.05, 0) is 18.2 Å². The molecule has 1 aromatic carbocycles. The molecule has 0 atom stereocenters. The molecule has 4 rings (SSSR count). The van der Waals surface area contributed by atoms with Gasteiger partial charge in [-0.15, -0.1) is 0 Å². The number of ether oxygens (including phenoxy) is 2. The first-order valence-electron chi connectivity index (χ1n) is 8.28. The van der Waals surface area contributed by atoms with E-state index in [4.69, 9.17) is 9.47 Å². The van der Waals surface area contributed by atoms with Crippen LogP contribution < -0.4 is 10.1 Å². The SMILES string of the molecule is Cn1ccc2ncnc(Nc3ccc(F)cc3OC3CCOCC3)c21. The molecule has 6 nitrogen and oxygen atoms in total. The largest absolute Gasteiger partial charge is 0.488 e. The summed E-state index contributed by atoms with van der Waals surface area (Å²) in [4.78, 5) is 8.59. The summed E-state index contributed by atoms with van der Waals surface area (Å²) in [6.07, 6.45) is 5.05. The van der Waals surface area contributed by atoms with Crippen molar-refractivity contribution < 1.29 is 13.9 Å². The number of hydrogen-bond acceptors (Lipinski definition) is 5. The molecule has 2 aromatic heterocycles. The number of nitrogens with zero attached hydrogens (tertiary/aromatic N) is 3. The minimum Gasteiger partial charge on any atom is -0.488 e. The highest BCUT2D eigenvalue weighted by Gasteiger charge is 2.18. The summed E-state index contributed by atoms with van der Waals surface area (Å²) in [6.45, 7) is 1.33. The number of rotatable bonds is 4. The molecular weight excluding hydrogens is 323 g/mol. The Balaban J connectivity index is 1.66. The Hall–Kier alpha value is -2.67. The van der Waals surface area contributed by atoms with Gasteiger partial charge in [-0.2, -0.15) is 0 Å². The van der Waals surface area contributed by atoms with E-state index in [0.717, 1.165) is 23.9 Å². The Kier molecular flexibility index (Phi) is 4.23. The van der Waals surface area contributed by atoms with Crippen molar-refractivity contribution in [1.29, 1.82) is 0 Å². The van der Waals surface area contributed by atoms with Crippen molar-refractivity contribution in [2.24, 2.45) is 7.05 Å². The van der Waals surface area contributed by atoms with E-state index in [9.17, 15) is 4.39 Å². The molecular formula is C18H19FN4O2. The van der Waals surface area contributed by atoms with Crippen molar-refractivity contribution in [3.05, 3.63) is 42.6 Å². The molecule has 0 aliphatic carbocycles. The number of nitrogens with one attached hydrogen (secondary N) is 1. The van der Waals surface area contributed by atoms with E-state index in [1.165, 1.54) is 18.5 Å². The quantitative estimate of drug-likeness (QED) is 0.787. The standard InChI is InChI=1S/C18H19FN4O2/c1-23-7-4-15-17(23)18(21-11-20-15)22-14-3-2-12(19)10-16(14)25-13-5-8-24-9-6-13/h2-4,7,10-11,13H,5-6,8-9H2,1H3,(H,20,21,22). The summed E-state index contributed by atoms with van der Waals surface area (Å²) in [6, 6.07) is 6.40. The van der Waals surface area contributed by atoms with E-state index in [1.807, 2.05) is 23.9 Å². The molecule has 1 fully saturated rings. The number of fused-ring (bicyclic) bond motifs is 1. The lowest BCUT2D eigenvalue weighted by Crippen LogP contribution is -2.26. The highest BCUT2D eigenvalue weighted by atomic mass is 19.1. The van der Waals surface area contributed by atoms with E-state index < -0.39 is 0 Å². The lowest BCUT2D eigenvalue weighted by Gasteiger charge is -2.24. The van der Waals surface area contributed by atoms with E-state index in [-0.39, 0.29) is 11.9 Å². The van der Waals surface area contributed by atoms with Gasteiger partial charge in [-0.3, -0.25) is 0 Å². The first-order chi connectivity index (χ1) is 12.2. The summed E-state index contributed by atoms with van der Waals surface area (Å²) in [5.74, 6) is 0.799. The highest BCUT2D eigenvalue weighted by Crippen LogP contribution is 2.32. The molecule has 0 bridgehead atoms. The van der Waals surface area contributed by atoms with Crippen LogP contribution in [0.5, 0.6) is 5.75 Å². The van der Waals surface area contributed by atoms with Crippen LogP contribution in [0.25, 0.3) is 11.0 Å². The summed E-state index contributed by atoms with van der Waals surface area (Å²) in [5.41, 5.74) is 2.40. The van der Waals surface area contributed by atoms with Crippen molar-refractivity contribution in [2.45, 2.75) is 18.9 Å². The lowest BCUT2D eigenvalue weighted by atomic mass is 10.1. The Morgan fingerprint density at radius 2 is 2.08 bits per heavy atom. The number of anilines is 2. The third-order valence-electron chi connectivity index (χ3n) is 4.32. The maximum absolute atomic E-state index is 13.7. The molecule has 0 saturated carbocycles. The molecule has 3 aromatic rings. The van der Waals surface area contributed by atoms with Crippen LogP contribution in [0.1, 0.15) is 12.8 Å². The Morgan fingerprint density at radius 1 is 1.24 bits per heavy atom. The fourth-order valence-corrected chi connectivity index (χ4v) is 3.01. The number of aryl methyl sites for hydroxylation is 1. The van der Waals surface area contributed by atoms with Crippen molar-refractivity contribution in [3.63, 3.8) is 0 Å². The molecule has 1 saturated heterocycles. The lowest BCUT2D eigenvalue weighted by molar-refractivity contribution is 0.0257. The van der Waals surface area contributed by atoms with Crippen LogP contribution >= 0.6 is 0 Å². The zero-order valence-electron chi connectivity index (χ0n) is 13.9. The maximum Gasteiger partial charge on any atom is 0.158 e. The Labute approximate surface area is 144 Å². The van der Waals surface area contributed by atoms with Gasteiger partial charge in [0, 0.05) is 32.2 Å². The van der Waals surface area contributed by atoms with Crippen molar-refractivity contribution in [1.82, 2.24) is 14.5 Å². The fourth-order valence-electron chi connectivity index (χ4n) is 3.01. The van der Waals surface area contributed by atoms with Crippen LogP contribution in [0.15, 0.2) is 36.8 Å². The Morgan fingerprint density at radius 3 is 2.92 bits per heavy atom. The van der Waals surface area contributed by atoms with Crippen LogP contribution in [0.4, 0.5) is 15.9 Å². The molecule has 130 valence electrons. The molecule has 25 heavy (non-hydrogen) atoms. The number of halogens is 1. The number of hydrogen-bond donors (Lipinski definition) is 1. The van der Waals surface area contributed by atoms with Gasteiger partial charge < -0.3 is 19.4 Å². The van der Waals surface area contributed by atoms with Gasteiger partial charge in [-0.1, -0.05) is 0 Å². The summed E-state index contributed by atoms with van der Waals surface area (Å²) < 4.78 is 27.1. The number of aromatic nitrogens is 3. The van der Waals surface area contributed by atoms with Gasteiger partial charge in [0.15, 0.2) is 5.82 Å². The molecule has 7 heteroatoms. The Bertz CT molecular complexity index is 890. The first-order valence-corrected chi connectivity index (χ1v) is 8.28. The molecule has 1 N–H and O–H groups in total. The van der Waals surface area contributed by atoms with Gasteiger partial charge in [0.2, 0.25) is 0 Å². The predicted octanol–water partition coefficient (Wildman–Crippen LogP) is 3.41. The molecule has 1 aliphatic rings. The first kappa shape index (κ1) is 15.8. The molecule has 1 aliphatic heterocycles. The number of benzene rings is 1. The molecule has 0 amide bonds. The fraction of sp³-hybridized carbons (Fsp3) is 0.333. The van der Waals surface area contributed by atoms with Gasteiger partial charge >= 0.3 is 0 Å². The molecule has 0 unspecified atom stereocenters. The van der Waals surface area contributed by atoms with Gasteiger partial charge in [0.05, 0.1) is 24.4 Å². The van der Waals surface area contributed by atoms with Crippen molar-refractivity contribution >= 4 is 22.5 Å². The second-order valence-corrected chi connectivity index (χ2v) is 6.08. The van der Waals surface area contributed by atoms with E-state index in [1.54, 1.807) is 6.07 Å². The normalized spacial score (nSPS) is 15.4. The zero-order valence-corrected chi connectivity index (χ0v) is 13.9. The smallest absolute Gasteiger partial charge is 0.158 e. The van der Waals surface area contributed by atoms with E-state index in [2.05, 4.69) is 15.3 Å². The van der Waals surface area contributed by atoms with E-state index in [0.29, 0.717) is 30.5 Å². The zero-order chi connectivity index (χ0) is 17.2. The molecule has 0 radical (unpaired) electrons. The minimum absolute atomic E-state index is 0.0246. The third-order valence-corrected chi connectivity index (χ3v) is 4.32. The monoisotopic (exact) mass is 342 g/mol. The van der Waals surface area contributed by atoms with Crippen LogP contribution in [0, 0.1) is 5.82 Å². The van der Waals surface area contributed by atoms with Crippen LogP contribution in [0.3, 0.4) is 0 Å². The summed E-state index contributed by atoms with van der Waals surface area (Å²) in [7, 11) is 1.93. The third kappa shape index (κ3) is 3.28. The van der Waals surface area contributed by atoms with Crippen LogP contribution in [0.2, 0.25) is 0 Å². The summed E-state index contributed by atoms with van der Waals surface area (Å²) in [5, 5.41) is 3.26. The predicted molar refractivity (Wildman–Crippen MR) is 92.7 cm³/mol. The van der Waals surface area contributed by atoms with Crippen LogP contribution in [-0.4, -0.2) is 33.9 Å². The minimum atomic E-state index is -0.334. The maximum atomic E-state index is 13.7. The topological polar surface area (TPSA) is 61.2 Å². The van der Waals surface area contributed by atoms with Crippen molar-refractivity contribution in [2.75, 3.05) is 18.5 Å². The molecule has 0 spiro atoms. The van der Waals surface area contributed by atoms with Crippen LogP contribution in [-0.2, 0) is 11.8 Å². The van der Waals surface area contributed by atoms with Crippen molar-refractivity contribution in [3.8, 4) is 5.75 Å². The van der Waals surface area contributed by atoms with E-state index >= 15 is 0 Å². The average Bonchev–Trinajstić information content (AvgIpc) is 3.00. The van der Waals surface area contributed by atoms with Gasteiger partial charge in [-0.25, -0.2) is 14.4 Å². The van der Waals surface area contributed by atoms with Gasteiger partial charge in [0.25, 0.3) is 0 Å². The highest BCUT2D eigenvalue weighted by molar-refractivity contribution is 5.88. The second kappa shape index (κ2) is 6.68.